The third kappa shape index (κ3) is 2.13. The number of hydrogen-bond donors (Lipinski definition) is 2. The van der Waals surface area contributed by atoms with Crippen molar-refractivity contribution in [2.75, 3.05) is 0 Å². The summed E-state index contributed by atoms with van der Waals surface area (Å²) in [4.78, 5) is 9.70. The van der Waals surface area contributed by atoms with E-state index < -0.39 is 0 Å². The van der Waals surface area contributed by atoms with E-state index in [1.165, 1.54) is 4.88 Å². The minimum absolute atomic E-state index is 0.0774. The molecule has 2 aromatic rings. The fourth-order valence-electron chi connectivity index (χ4n) is 1.65. The Morgan fingerprint density at radius 1 is 1.56 bits per heavy atom. The number of nitrogens with two attached hydrogens (primary N) is 1. The highest BCUT2D eigenvalue weighted by molar-refractivity contribution is 7.09. The highest BCUT2D eigenvalue weighted by Crippen LogP contribution is 2.23. The summed E-state index contributed by atoms with van der Waals surface area (Å²) in [6, 6.07) is 0.0774. The van der Waals surface area contributed by atoms with E-state index in [0.717, 1.165) is 17.9 Å². The second kappa shape index (κ2) is 4.73. The third-order valence-corrected chi connectivity index (χ3v) is 3.65. The van der Waals surface area contributed by atoms with Crippen LogP contribution in [0.2, 0.25) is 0 Å². The number of aromatic nitrogens is 3. The van der Waals surface area contributed by atoms with Gasteiger partial charge in [-0.15, -0.1) is 11.3 Å². The summed E-state index contributed by atoms with van der Waals surface area (Å²) >= 11 is 1.62. The summed E-state index contributed by atoms with van der Waals surface area (Å²) in [5.41, 5.74) is 5.70. The zero-order chi connectivity index (χ0) is 11.5. The van der Waals surface area contributed by atoms with Gasteiger partial charge < -0.3 is 4.57 Å². The highest BCUT2D eigenvalue weighted by Gasteiger charge is 2.17. The lowest BCUT2D eigenvalue weighted by atomic mass is 10.1. The molecule has 1 atom stereocenters. The van der Waals surface area contributed by atoms with Crippen molar-refractivity contribution in [3.05, 3.63) is 34.3 Å². The van der Waals surface area contributed by atoms with Crippen molar-refractivity contribution >= 4 is 11.3 Å². The lowest BCUT2D eigenvalue weighted by molar-refractivity contribution is 0.535. The molecule has 0 aliphatic carbocycles. The molecule has 6 heteroatoms. The Labute approximate surface area is 98.3 Å². The van der Waals surface area contributed by atoms with Crippen LogP contribution >= 0.6 is 11.3 Å². The van der Waals surface area contributed by atoms with Gasteiger partial charge in [0.25, 0.3) is 0 Å². The Morgan fingerprint density at radius 2 is 2.38 bits per heavy atom. The summed E-state index contributed by atoms with van der Waals surface area (Å²) in [6.07, 6.45) is 4.49. The Morgan fingerprint density at radius 3 is 2.88 bits per heavy atom. The molecule has 0 saturated carbocycles. The number of rotatable bonds is 4. The van der Waals surface area contributed by atoms with Gasteiger partial charge in [-0.2, -0.15) is 0 Å². The Balaban J connectivity index is 2.19. The predicted molar refractivity (Wildman–Crippen MR) is 63.8 cm³/mol. The van der Waals surface area contributed by atoms with Gasteiger partial charge in [0, 0.05) is 30.7 Å². The van der Waals surface area contributed by atoms with Crippen molar-refractivity contribution in [3.63, 3.8) is 0 Å². The molecule has 2 rings (SSSR count). The van der Waals surface area contributed by atoms with Crippen molar-refractivity contribution in [2.24, 2.45) is 12.9 Å². The molecule has 86 valence electrons. The largest absolute Gasteiger partial charge is 0.338 e. The number of nitrogens with one attached hydrogen (secondary N) is 1. The van der Waals surface area contributed by atoms with E-state index in [2.05, 4.69) is 15.4 Å². The lowest BCUT2D eigenvalue weighted by Gasteiger charge is -2.14. The van der Waals surface area contributed by atoms with E-state index in [4.69, 9.17) is 5.84 Å². The van der Waals surface area contributed by atoms with Crippen molar-refractivity contribution in [3.8, 4) is 0 Å². The van der Waals surface area contributed by atoms with Crippen LogP contribution in [0.25, 0.3) is 0 Å². The smallest absolute Gasteiger partial charge is 0.110 e. The topological polar surface area (TPSA) is 68.8 Å². The van der Waals surface area contributed by atoms with E-state index in [9.17, 15) is 0 Å². The van der Waals surface area contributed by atoms with Gasteiger partial charge in [0.15, 0.2) is 0 Å². The molecule has 5 nitrogen and oxygen atoms in total. The van der Waals surface area contributed by atoms with Crippen LogP contribution in [0.5, 0.6) is 0 Å². The van der Waals surface area contributed by atoms with Crippen LogP contribution < -0.4 is 11.3 Å². The maximum atomic E-state index is 5.59. The molecule has 0 aromatic carbocycles. The molecular weight excluding hydrogens is 222 g/mol. The zero-order valence-electron chi connectivity index (χ0n) is 9.34. The van der Waals surface area contributed by atoms with Gasteiger partial charge in [-0.25, -0.2) is 9.97 Å². The van der Waals surface area contributed by atoms with Gasteiger partial charge in [0.2, 0.25) is 0 Å². The van der Waals surface area contributed by atoms with Crippen LogP contribution in [-0.4, -0.2) is 14.5 Å². The third-order valence-electron chi connectivity index (χ3n) is 2.61. The quantitative estimate of drug-likeness (QED) is 0.613. The maximum Gasteiger partial charge on any atom is 0.110 e. The van der Waals surface area contributed by atoms with Gasteiger partial charge in [0.05, 0.1) is 17.2 Å². The van der Waals surface area contributed by atoms with Gasteiger partial charge in [-0.1, -0.05) is 0 Å². The van der Waals surface area contributed by atoms with Crippen molar-refractivity contribution in [1.29, 1.82) is 0 Å². The van der Waals surface area contributed by atoms with Crippen LogP contribution in [0.1, 0.15) is 22.4 Å². The average Bonchev–Trinajstić information content (AvgIpc) is 2.85. The average molecular weight is 237 g/mol. The van der Waals surface area contributed by atoms with E-state index >= 15 is 0 Å². The Kier molecular flexibility index (Phi) is 3.33. The number of imidazole rings is 1. The van der Waals surface area contributed by atoms with Crippen molar-refractivity contribution in [1.82, 2.24) is 20.0 Å². The lowest BCUT2D eigenvalue weighted by Crippen LogP contribution is -2.30. The van der Waals surface area contributed by atoms with Crippen LogP contribution in [-0.2, 0) is 13.5 Å². The number of thiazole rings is 1. The van der Waals surface area contributed by atoms with E-state index in [0.29, 0.717) is 0 Å². The standard InChI is InChI=1S/C10H15N5S/c1-7-10(16-6-13-7)8(14-11)5-9-12-3-4-15(9)2/h3-4,6,8,14H,5,11H2,1-2H3. The summed E-state index contributed by atoms with van der Waals surface area (Å²) in [6.45, 7) is 1.99. The van der Waals surface area contributed by atoms with Crippen molar-refractivity contribution < 1.29 is 0 Å². The number of aryl methyl sites for hydroxylation is 2. The molecule has 0 fully saturated rings. The number of hydrogen-bond acceptors (Lipinski definition) is 5. The van der Waals surface area contributed by atoms with Crippen molar-refractivity contribution in [2.45, 2.75) is 19.4 Å². The zero-order valence-corrected chi connectivity index (χ0v) is 10.2. The van der Waals surface area contributed by atoms with Gasteiger partial charge in [-0.05, 0) is 6.92 Å². The normalized spacial score (nSPS) is 12.9. The molecule has 0 aliphatic rings. The molecule has 0 saturated heterocycles. The molecule has 1 unspecified atom stereocenters. The minimum atomic E-state index is 0.0774. The molecule has 0 radical (unpaired) electrons. The molecule has 0 bridgehead atoms. The van der Waals surface area contributed by atoms with Gasteiger partial charge in [0.1, 0.15) is 5.82 Å². The van der Waals surface area contributed by atoms with Crippen LogP contribution in [0.3, 0.4) is 0 Å². The number of hydrazine groups is 1. The molecule has 2 heterocycles. The first-order valence-electron chi connectivity index (χ1n) is 5.04. The van der Waals surface area contributed by atoms with Crippen LogP contribution in [0.4, 0.5) is 0 Å². The Bertz CT molecular complexity index is 461. The van der Waals surface area contributed by atoms with Crippen LogP contribution in [0, 0.1) is 6.92 Å². The predicted octanol–water partition coefficient (Wildman–Crippen LogP) is 0.932. The first-order valence-corrected chi connectivity index (χ1v) is 5.92. The molecular formula is C10H15N5S. The maximum absolute atomic E-state index is 5.59. The molecule has 0 spiro atoms. The van der Waals surface area contributed by atoms with E-state index in [1.807, 2.05) is 30.2 Å². The number of nitrogens with zero attached hydrogens (tertiary/aromatic N) is 3. The van der Waals surface area contributed by atoms with Gasteiger partial charge >= 0.3 is 0 Å². The Hall–Kier alpha value is -1.24. The van der Waals surface area contributed by atoms with Crippen LogP contribution in [0.15, 0.2) is 17.9 Å². The fraction of sp³-hybridized carbons (Fsp3) is 0.400. The monoisotopic (exact) mass is 237 g/mol. The molecule has 16 heavy (non-hydrogen) atoms. The summed E-state index contributed by atoms with van der Waals surface area (Å²) in [7, 11) is 1.98. The first-order chi connectivity index (χ1) is 7.72. The molecule has 2 aromatic heterocycles. The summed E-state index contributed by atoms with van der Waals surface area (Å²) in [5.74, 6) is 6.60. The highest BCUT2D eigenvalue weighted by atomic mass is 32.1. The summed E-state index contributed by atoms with van der Waals surface area (Å²) < 4.78 is 2.00. The molecule has 0 aliphatic heterocycles. The summed E-state index contributed by atoms with van der Waals surface area (Å²) in [5, 5.41) is 0. The van der Waals surface area contributed by atoms with E-state index in [-0.39, 0.29) is 6.04 Å². The second-order valence-electron chi connectivity index (χ2n) is 3.68. The van der Waals surface area contributed by atoms with E-state index in [1.54, 1.807) is 17.5 Å². The second-order valence-corrected chi connectivity index (χ2v) is 4.57. The SMILES string of the molecule is Cc1ncsc1C(Cc1nccn1C)NN. The molecule has 3 N–H and O–H groups in total. The first kappa shape index (κ1) is 11.3. The minimum Gasteiger partial charge on any atom is -0.338 e. The van der Waals surface area contributed by atoms with Gasteiger partial charge in [-0.3, -0.25) is 11.3 Å². The molecule has 0 amide bonds. The fourth-order valence-corrected chi connectivity index (χ4v) is 2.51.